The van der Waals surface area contributed by atoms with Crippen LogP contribution < -0.4 is 16.1 Å². The van der Waals surface area contributed by atoms with Gasteiger partial charge in [-0.1, -0.05) is 47.9 Å². The highest BCUT2D eigenvalue weighted by Crippen LogP contribution is 2.23. The van der Waals surface area contributed by atoms with E-state index in [2.05, 4.69) is 17.0 Å². The molecule has 0 aromatic heterocycles. The van der Waals surface area contributed by atoms with Gasteiger partial charge in [0.05, 0.1) is 6.42 Å². The molecule has 7 heteroatoms. The number of nitrogens with zero attached hydrogens (tertiary/aromatic N) is 2. The first-order chi connectivity index (χ1) is 13.0. The summed E-state index contributed by atoms with van der Waals surface area (Å²) in [6.45, 7) is 2.85. The Labute approximate surface area is 160 Å². The average Bonchev–Trinajstić information content (AvgIpc) is 2.68. The predicted octanol–water partition coefficient (Wildman–Crippen LogP) is 0.820. The van der Waals surface area contributed by atoms with Crippen LogP contribution in [-0.2, 0) is 9.53 Å². The van der Waals surface area contributed by atoms with Gasteiger partial charge in [-0.05, 0) is 17.7 Å². The summed E-state index contributed by atoms with van der Waals surface area (Å²) in [5.41, 5.74) is 8.20. The summed E-state index contributed by atoms with van der Waals surface area (Å²) in [7, 11) is 1.95. The molecule has 1 atom stereocenters. The molecule has 27 heavy (non-hydrogen) atoms. The quantitative estimate of drug-likeness (QED) is 0.797. The Kier molecular flexibility index (Phi) is 6.01. The van der Waals surface area contributed by atoms with E-state index < -0.39 is 12.2 Å². The van der Waals surface area contributed by atoms with E-state index in [4.69, 9.17) is 10.5 Å². The number of anilines is 1. The van der Waals surface area contributed by atoms with Crippen molar-refractivity contribution in [3.05, 3.63) is 60.2 Å². The molecule has 6 nitrogen and oxygen atoms in total. The van der Waals surface area contributed by atoms with E-state index in [1.54, 1.807) is 0 Å². The third-order valence-corrected chi connectivity index (χ3v) is 4.79. The fraction of sp³-hybridized carbons (Fsp3) is 0.300. The Bertz CT molecular complexity index is 792. The number of nitrogens with two attached hydrogens (primary N) is 1. The zero-order valence-electron chi connectivity index (χ0n) is 15.5. The largest absolute Gasteiger partial charge is 0.441 e. The minimum absolute atomic E-state index is 0.0320. The molecule has 2 amide bonds. The van der Waals surface area contributed by atoms with Crippen LogP contribution in [-0.4, -0.2) is 50.9 Å². The minimum Gasteiger partial charge on any atom is -0.441 e. The number of hydrogen-bond acceptors (Lipinski definition) is 4. The van der Waals surface area contributed by atoms with Gasteiger partial charge < -0.3 is 20.3 Å². The number of amides is 2. The van der Waals surface area contributed by atoms with Gasteiger partial charge in [0.1, 0.15) is 14.0 Å². The van der Waals surface area contributed by atoms with Gasteiger partial charge in [-0.3, -0.25) is 4.79 Å². The molecule has 1 aliphatic heterocycles. The number of carbonyl (C=O) groups is 2. The average molecular weight is 365 g/mol. The molecule has 1 heterocycles. The maximum absolute atomic E-state index is 12.8. The summed E-state index contributed by atoms with van der Waals surface area (Å²) < 4.78 is 5.22. The molecule has 0 aliphatic carbocycles. The normalized spacial score (nSPS) is 15.3. The number of piperazine rings is 1. The first-order valence-corrected chi connectivity index (χ1v) is 9.13. The Hall–Kier alpha value is -2.96. The molecule has 0 radical (unpaired) electrons. The van der Waals surface area contributed by atoms with Crippen molar-refractivity contribution in [2.75, 3.05) is 31.1 Å². The number of carbonyl (C=O) groups excluding carboxylic acids is 2. The predicted molar refractivity (Wildman–Crippen MR) is 108 cm³/mol. The third kappa shape index (κ3) is 5.03. The molecule has 1 aliphatic rings. The van der Waals surface area contributed by atoms with Gasteiger partial charge in [0.2, 0.25) is 5.91 Å². The van der Waals surface area contributed by atoms with Crippen LogP contribution in [0.15, 0.2) is 54.6 Å². The van der Waals surface area contributed by atoms with Gasteiger partial charge >= 0.3 is 6.09 Å². The summed E-state index contributed by atoms with van der Waals surface area (Å²) >= 11 is 0. The van der Waals surface area contributed by atoms with E-state index in [1.165, 1.54) is 5.69 Å². The second kappa shape index (κ2) is 8.62. The fourth-order valence-corrected chi connectivity index (χ4v) is 3.38. The number of ether oxygens (including phenoxy) is 1. The van der Waals surface area contributed by atoms with Crippen LogP contribution in [0.25, 0.3) is 0 Å². The number of hydrogen-bond donors (Lipinski definition) is 1. The molecule has 2 aromatic rings. The number of para-hydroxylation sites is 1. The Balaban J connectivity index is 1.62. The Morgan fingerprint density at radius 3 is 2.37 bits per heavy atom. The van der Waals surface area contributed by atoms with Crippen molar-refractivity contribution in [2.24, 2.45) is 5.73 Å². The summed E-state index contributed by atoms with van der Waals surface area (Å²) in [6, 6.07) is 17.8. The van der Waals surface area contributed by atoms with E-state index in [0.717, 1.165) is 24.1 Å². The van der Waals surface area contributed by atoms with Crippen molar-refractivity contribution in [1.82, 2.24) is 4.90 Å². The monoisotopic (exact) mass is 365 g/mol. The third-order valence-electron chi connectivity index (χ3n) is 4.79. The summed E-state index contributed by atoms with van der Waals surface area (Å²) in [6.07, 6.45) is -1.44. The van der Waals surface area contributed by atoms with Crippen LogP contribution in [0.4, 0.5) is 10.5 Å². The molecule has 0 saturated carbocycles. The first kappa shape index (κ1) is 18.8. The van der Waals surface area contributed by atoms with Crippen molar-refractivity contribution in [3.8, 4) is 0 Å². The molecular weight excluding hydrogens is 341 g/mol. The van der Waals surface area contributed by atoms with Gasteiger partial charge in [-0.2, -0.15) is 0 Å². The van der Waals surface area contributed by atoms with Crippen LogP contribution in [0.2, 0.25) is 0 Å². The summed E-state index contributed by atoms with van der Waals surface area (Å²) in [5, 5.41) is 0. The molecule has 1 saturated heterocycles. The lowest BCUT2D eigenvalue weighted by Crippen LogP contribution is -2.49. The SMILES string of the molecule is Bc1cccc(C(CC(=O)N2CCN(c3ccccc3)CC2)OC(N)=O)c1. The van der Waals surface area contributed by atoms with E-state index in [0.29, 0.717) is 13.1 Å². The second-order valence-electron chi connectivity index (χ2n) is 6.75. The number of benzene rings is 2. The maximum atomic E-state index is 12.8. The molecule has 2 aromatic carbocycles. The lowest BCUT2D eigenvalue weighted by Gasteiger charge is -2.36. The second-order valence-corrected chi connectivity index (χ2v) is 6.75. The van der Waals surface area contributed by atoms with Crippen LogP contribution >= 0.6 is 0 Å². The molecule has 1 unspecified atom stereocenters. The van der Waals surface area contributed by atoms with Crippen LogP contribution in [0.5, 0.6) is 0 Å². The lowest BCUT2D eigenvalue weighted by atomic mass is 9.92. The highest BCUT2D eigenvalue weighted by Gasteiger charge is 2.26. The minimum atomic E-state index is -0.872. The molecule has 3 rings (SSSR count). The van der Waals surface area contributed by atoms with Crippen LogP contribution in [0.3, 0.4) is 0 Å². The Morgan fingerprint density at radius 2 is 1.74 bits per heavy atom. The molecule has 0 bridgehead atoms. The zero-order chi connectivity index (χ0) is 19.2. The first-order valence-electron chi connectivity index (χ1n) is 9.13. The molecule has 1 fully saturated rings. The highest BCUT2D eigenvalue weighted by atomic mass is 16.6. The zero-order valence-corrected chi connectivity index (χ0v) is 15.5. The van der Waals surface area contributed by atoms with E-state index in [1.807, 2.05) is 55.2 Å². The van der Waals surface area contributed by atoms with E-state index >= 15 is 0 Å². The lowest BCUT2D eigenvalue weighted by molar-refractivity contribution is -0.133. The summed E-state index contributed by atoms with van der Waals surface area (Å²) in [4.78, 5) is 28.2. The van der Waals surface area contributed by atoms with Crippen molar-refractivity contribution in [3.63, 3.8) is 0 Å². The van der Waals surface area contributed by atoms with E-state index in [-0.39, 0.29) is 12.3 Å². The van der Waals surface area contributed by atoms with Crippen molar-refractivity contribution in [2.45, 2.75) is 12.5 Å². The number of rotatable bonds is 5. The van der Waals surface area contributed by atoms with E-state index in [9.17, 15) is 9.59 Å². The van der Waals surface area contributed by atoms with Gasteiger partial charge in [-0.25, -0.2) is 4.79 Å². The molecule has 2 N–H and O–H groups in total. The van der Waals surface area contributed by atoms with Gasteiger partial charge in [0.25, 0.3) is 0 Å². The highest BCUT2D eigenvalue weighted by molar-refractivity contribution is 6.32. The molecule has 0 spiro atoms. The number of primary amides is 1. The smallest absolute Gasteiger partial charge is 0.405 e. The van der Waals surface area contributed by atoms with Gasteiger partial charge in [0.15, 0.2) is 0 Å². The van der Waals surface area contributed by atoms with Gasteiger partial charge in [-0.15, -0.1) is 0 Å². The van der Waals surface area contributed by atoms with Crippen LogP contribution in [0.1, 0.15) is 18.1 Å². The topological polar surface area (TPSA) is 75.9 Å². The molecule has 140 valence electrons. The standard InChI is InChI=1S/C20H24BN3O3/c21-16-6-4-5-15(13-16)18(27-20(22)26)14-19(25)24-11-9-23(10-12-24)17-7-2-1-3-8-17/h1-8,13,18H,9-12,14,21H2,(H2,22,26). The maximum Gasteiger partial charge on any atom is 0.405 e. The van der Waals surface area contributed by atoms with Gasteiger partial charge in [0, 0.05) is 31.9 Å². The Morgan fingerprint density at radius 1 is 1.04 bits per heavy atom. The summed E-state index contributed by atoms with van der Waals surface area (Å²) in [5.74, 6) is -0.0320. The van der Waals surface area contributed by atoms with Crippen molar-refractivity contribution in [1.29, 1.82) is 0 Å². The van der Waals surface area contributed by atoms with Crippen molar-refractivity contribution >= 4 is 31.0 Å². The van der Waals surface area contributed by atoms with Crippen molar-refractivity contribution < 1.29 is 14.3 Å². The fourth-order valence-electron chi connectivity index (χ4n) is 3.38. The van der Waals surface area contributed by atoms with Crippen LogP contribution in [0, 0.1) is 0 Å². The molecular formula is C20H24BN3O3.